The predicted molar refractivity (Wildman–Crippen MR) is 216 cm³/mol. The second-order valence-electron chi connectivity index (χ2n) is 10.9. The fraction of sp³-hybridized carbons (Fsp3) is 0.206. The predicted octanol–water partition coefficient (Wildman–Crippen LogP) is 8.29. The van der Waals surface area contributed by atoms with Gasteiger partial charge in [0.15, 0.2) is 23.1 Å². The molecule has 0 amide bonds. The van der Waals surface area contributed by atoms with E-state index in [2.05, 4.69) is 15.3 Å². The lowest BCUT2D eigenvalue weighted by Gasteiger charge is -2.19. The third-order valence-corrected chi connectivity index (χ3v) is 12.9. The first-order chi connectivity index (χ1) is 26.3. The fourth-order valence-corrected chi connectivity index (χ4v) is 7.24. The number of ether oxygens (including phenoxy) is 1. The SMILES string of the molecule is COc1ccc(/C=N\N(C)[P+](=S)Oc2ccc(/C=N\N(C)[P+](=O)Oc3ccc(/C=N\N(C)[P+](=O)Oc4ccc(C(O)P(=O)(OC)OC)cc4)cc3)cc2)cc1. The zero-order chi connectivity index (χ0) is 40.0. The van der Waals surface area contributed by atoms with E-state index in [1.807, 2.05) is 24.3 Å². The molecule has 4 aromatic carbocycles. The van der Waals surface area contributed by atoms with Gasteiger partial charge in [-0.1, -0.05) is 16.9 Å². The largest absolute Gasteiger partial charge is 0.714 e. The first-order valence-corrected chi connectivity index (χ1v) is 22.1. The molecule has 0 spiro atoms. The highest BCUT2D eigenvalue weighted by atomic mass is 32.4. The van der Waals surface area contributed by atoms with E-state index < -0.39 is 36.9 Å². The molecule has 0 aliphatic carbocycles. The molecule has 0 heterocycles. The molecule has 1 N–H and O–H groups in total. The number of hydrogen-bond acceptors (Lipinski definition) is 14. The van der Waals surface area contributed by atoms with Gasteiger partial charge in [-0.25, -0.2) is 9.05 Å². The maximum absolute atomic E-state index is 12.8. The van der Waals surface area contributed by atoms with Crippen molar-refractivity contribution in [2.75, 3.05) is 42.5 Å². The van der Waals surface area contributed by atoms with Gasteiger partial charge in [0.2, 0.25) is 11.8 Å². The maximum Gasteiger partial charge on any atom is 0.714 e. The Balaban J connectivity index is 1.21. The summed E-state index contributed by atoms with van der Waals surface area (Å²) in [4.78, 5) is 0. The van der Waals surface area contributed by atoms with Crippen molar-refractivity contribution in [1.29, 1.82) is 0 Å². The number of hydrogen-bond donors (Lipinski definition) is 1. The van der Waals surface area contributed by atoms with Crippen molar-refractivity contribution in [3.8, 4) is 23.0 Å². The summed E-state index contributed by atoms with van der Waals surface area (Å²) in [6.07, 6.45) is 4.69. The molecular formula is C34H39N6O10P4S+3. The lowest BCUT2D eigenvalue weighted by molar-refractivity contribution is 0.176. The number of benzene rings is 4. The first kappa shape index (κ1) is 43.1. The van der Waals surface area contributed by atoms with Gasteiger partial charge in [0, 0.05) is 23.3 Å². The molecule has 288 valence electrons. The molecule has 0 radical (unpaired) electrons. The van der Waals surface area contributed by atoms with Crippen molar-refractivity contribution in [2.24, 2.45) is 15.3 Å². The van der Waals surface area contributed by atoms with Crippen LogP contribution in [0, 0.1) is 0 Å². The minimum absolute atomic E-state index is 0.232. The summed E-state index contributed by atoms with van der Waals surface area (Å²) < 4.78 is 73.4. The molecule has 0 aliphatic heterocycles. The van der Waals surface area contributed by atoms with Crippen molar-refractivity contribution in [3.63, 3.8) is 0 Å². The molecule has 16 nitrogen and oxygen atoms in total. The van der Waals surface area contributed by atoms with E-state index >= 15 is 0 Å². The average molecular weight is 848 g/mol. The highest BCUT2D eigenvalue weighted by Gasteiger charge is 2.34. The quantitative estimate of drug-likeness (QED) is 0.0511. The summed E-state index contributed by atoms with van der Waals surface area (Å²) in [5.74, 6) is 0.401. The van der Waals surface area contributed by atoms with Crippen LogP contribution < -0.4 is 18.3 Å². The monoisotopic (exact) mass is 847 g/mol. The van der Waals surface area contributed by atoms with Gasteiger partial charge in [-0.2, -0.15) is 0 Å². The minimum Gasteiger partial charge on any atom is -0.497 e. The Kier molecular flexibility index (Phi) is 16.3. The summed E-state index contributed by atoms with van der Waals surface area (Å²) in [5, 5.41) is 23.1. The highest BCUT2D eigenvalue weighted by Crippen LogP contribution is 2.58. The van der Waals surface area contributed by atoms with Gasteiger partial charge in [-0.3, -0.25) is 9.09 Å². The molecule has 0 bridgehead atoms. The van der Waals surface area contributed by atoms with Crippen molar-refractivity contribution in [3.05, 3.63) is 119 Å². The molecule has 0 saturated carbocycles. The normalized spacial score (nSPS) is 13.0. The van der Waals surface area contributed by atoms with E-state index in [4.69, 9.17) is 39.2 Å². The van der Waals surface area contributed by atoms with Crippen molar-refractivity contribution in [1.82, 2.24) is 14.3 Å². The number of aliphatic hydroxyl groups excluding tert-OH is 1. The van der Waals surface area contributed by atoms with E-state index in [0.717, 1.165) is 21.7 Å². The lowest BCUT2D eigenvalue weighted by Crippen LogP contribution is -2.05. The van der Waals surface area contributed by atoms with Crippen molar-refractivity contribution >= 4 is 61.5 Å². The number of nitrogens with zero attached hydrogens (tertiary/aromatic N) is 6. The third kappa shape index (κ3) is 13.0. The zero-order valence-corrected chi connectivity index (χ0v) is 34.9. The number of hydrazone groups is 3. The molecule has 4 rings (SSSR count). The van der Waals surface area contributed by atoms with Gasteiger partial charge in [0.25, 0.3) is 0 Å². The second-order valence-corrected chi connectivity index (χ2v) is 17.9. The van der Waals surface area contributed by atoms with E-state index in [1.165, 1.54) is 69.8 Å². The molecule has 0 saturated heterocycles. The van der Waals surface area contributed by atoms with E-state index in [1.54, 1.807) is 73.7 Å². The summed E-state index contributed by atoms with van der Waals surface area (Å²) in [7, 11) is -1.25. The topological polar surface area (TPSA) is 174 Å². The molecule has 4 aromatic rings. The van der Waals surface area contributed by atoms with Crippen LogP contribution in [-0.4, -0.2) is 80.6 Å². The summed E-state index contributed by atoms with van der Waals surface area (Å²) in [6.45, 7) is 0. The molecular weight excluding hydrogens is 808 g/mol. The Hall–Kier alpha value is -4.68. The zero-order valence-electron chi connectivity index (χ0n) is 30.5. The van der Waals surface area contributed by atoms with Crippen LogP contribution in [0.1, 0.15) is 28.1 Å². The van der Waals surface area contributed by atoms with Crippen LogP contribution in [0.25, 0.3) is 0 Å². The van der Waals surface area contributed by atoms with Gasteiger partial charge in [-0.15, -0.1) is 15.3 Å². The first-order valence-electron chi connectivity index (χ1n) is 16.0. The number of rotatable bonds is 20. The van der Waals surface area contributed by atoms with Crippen LogP contribution in [0.5, 0.6) is 23.0 Å². The van der Waals surface area contributed by atoms with Crippen LogP contribution in [0.3, 0.4) is 0 Å². The van der Waals surface area contributed by atoms with Crippen LogP contribution in [-0.2, 0) is 34.5 Å². The van der Waals surface area contributed by atoms with Gasteiger partial charge < -0.3 is 18.9 Å². The average Bonchev–Trinajstić information content (AvgIpc) is 3.21. The Morgan fingerprint density at radius 2 is 0.945 bits per heavy atom. The molecule has 55 heavy (non-hydrogen) atoms. The maximum atomic E-state index is 12.8. The molecule has 0 aliphatic rings. The molecule has 0 fully saturated rings. The molecule has 4 atom stereocenters. The third-order valence-electron chi connectivity index (χ3n) is 7.24. The number of methoxy groups -OCH3 is 1. The summed E-state index contributed by atoms with van der Waals surface area (Å²) in [6, 6.07) is 27.0. The van der Waals surface area contributed by atoms with Crippen molar-refractivity contribution in [2.45, 2.75) is 5.85 Å². The highest BCUT2D eigenvalue weighted by molar-refractivity contribution is 8.02. The van der Waals surface area contributed by atoms with Gasteiger partial charge in [0.05, 0.1) is 46.9 Å². The van der Waals surface area contributed by atoms with Gasteiger partial charge in [0.1, 0.15) is 5.75 Å². The lowest BCUT2D eigenvalue weighted by atomic mass is 10.2. The van der Waals surface area contributed by atoms with E-state index in [-0.39, 0.29) is 11.3 Å². The van der Waals surface area contributed by atoms with Gasteiger partial charge >= 0.3 is 31.0 Å². The standard InChI is InChI=1S/C34H39N6O10P4S/c1-38(36-24-28-11-19-33(20-12-28)50-53(55)40(3)37-25-26-7-15-30(45-4)16-8-26)51(42)48-31-17-9-27(10-18-31)23-35-39(2)52(43)49-32-21-13-29(14-22-32)34(41)54(44,46-5)47-6/h7-25,34,41H,1-6H3/q+3/b35-23-,36-24-,37-25-. The Morgan fingerprint density at radius 3 is 1.33 bits per heavy atom. The summed E-state index contributed by atoms with van der Waals surface area (Å²) >= 11 is 5.49. The minimum atomic E-state index is -3.74. The Bertz CT molecular complexity index is 2050. The van der Waals surface area contributed by atoms with Gasteiger partial charge in [-0.05, 0) is 117 Å². The molecule has 0 aromatic heterocycles. The van der Waals surface area contributed by atoms with Crippen LogP contribution in [0.15, 0.2) is 112 Å². The van der Waals surface area contributed by atoms with E-state index in [9.17, 15) is 18.8 Å². The second kappa shape index (κ2) is 20.8. The van der Waals surface area contributed by atoms with Crippen LogP contribution >= 0.6 is 31.0 Å². The Morgan fingerprint density at radius 1 is 0.600 bits per heavy atom. The Labute approximate surface area is 326 Å². The van der Waals surface area contributed by atoms with Crippen molar-refractivity contribution < 1.29 is 46.2 Å². The molecule has 21 heteroatoms. The summed E-state index contributed by atoms with van der Waals surface area (Å²) in [5.41, 5.74) is 2.55. The van der Waals surface area contributed by atoms with Crippen LogP contribution in [0.2, 0.25) is 0 Å². The van der Waals surface area contributed by atoms with Crippen LogP contribution in [0.4, 0.5) is 0 Å². The fourth-order valence-electron chi connectivity index (χ4n) is 4.10. The molecule has 4 unspecified atom stereocenters. The van der Waals surface area contributed by atoms with E-state index in [0.29, 0.717) is 17.1 Å². The smallest absolute Gasteiger partial charge is 0.497 e. The number of aliphatic hydroxyl groups is 1.